The number of aldehydes is 1. The molecule has 0 bridgehead atoms. The van der Waals surface area contributed by atoms with E-state index < -0.39 is 0 Å². The molecule has 86 valence electrons. The molecule has 0 radical (unpaired) electrons. The van der Waals surface area contributed by atoms with Crippen LogP contribution in [0.1, 0.15) is 15.9 Å². The van der Waals surface area contributed by atoms with Crippen LogP contribution in [0.25, 0.3) is 11.1 Å². The van der Waals surface area contributed by atoms with Crippen molar-refractivity contribution in [2.24, 2.45) is 0 Å². The maximum atomic E-state index is 10.7. The highest BCUT2D eigenvalue weighted by molar-refractivity contribution is 6.36. The first-order valence-electron chi connectivity index (χ1n) is 5.13. The van der Waals surface area contributed by atoms with Crippen LogP contribution in [0.2, 0.25) is 10.0 Å². The van der Waals surface area contributed by atoms with Crippen LogP contribution < -0.4 is 0 Å². The molecule has 0 unspecified atom stereocenters. The van der Waals surface area contributed by atoms with Crippen molar-refractivity contribution in [3.8, 4) is 11.1 Å². The number of hydrogen-bond donors (Lipinski definition) is 0. The van der Waals surface area contributed by atoms with Crippen LogP contribution in [0, 0.1) is 6.92 Å². The average molecular weight is 265 g/mol. The molecule has 1 nitrogen and oxygen atoms in total. The monoisotopic (exact) mass is 264 g/mol. The molecule has 0 aliphatic heterocycles. The van der Waals surface area contributed by atoms with Gasteiger partial charge < -0.3 is 0 Å². The molecule has 0 fully saturated rings. The quantitative estimate of drug-likeness (QED) is 0.714. The topological polar surface area (TPSA) is 17.1 Å². The lowest BCUT2D eigenvalue weighted by molar-refractivity contribution is 0.112. The van der Waals surface area contributed by atoms with E-state index in [-0.39, 0.29) is 0 Å². The van der Waals surface area contributed by atoms with Gasteiger partial charge in [-0.15, -0.1) is 0 Å². The fourth-order valence-electron chi connectivity index (χ4n) is 1.66. The molecule has 0 saturated heterocycles. The van der Waals surface area contributed by atoms with Crippen LogP contribution in [0.5, 0.6) is 0 Å². The predicted octanol–water partition coefficient (Wildman–Crippen LogP) is 4.78. The third kappa shape index (κ3) is 2.51. The second kappa shape index (κ2) is 4.91. The van der Waals surface area contributed by atoms with E-state index >= 15 is 0 Å². The Balaban J connectivity index is 2.59. The fourth-order valence-corrected chi connectivity index (χ4v) is 2.15. The molecule has 0 aromatic heterocycles. The normalized spacial score (nSPS) is 10.3. The van der Waals surface area contributed by atoms with Crippen molar-refractivity contribution < 1.29 is 4.79 Å². The summed E-state index contributed by atoms with van der Waals surface area (Å²) in [6.07, 6.45) is 0.820. The summed E-state index contributed by atoms with van der Waals surface area (Å²) in [5.74, 6) is 0. The highest BCUT2D eigenvalue weighted by Crippen LogP contribution is 2.32. The molecule has 0 atom stereocenters. The van der Waals surface area contributed by atoms with E-state index in [9.17, 15) is 4.79 Å². The Kier molecular flexibility index (Phi) is 3.51. The van der Waals surface area contributed by atoms with Gasteiger partial charge in [0.2, 0.25) is 0 Å². The minimum atomic E-state index is 0.587. The van der Waals surface area contributed by atoms with Crippen LogP contribution in [-0.2, 0) is 0 Å². The Morgan fingerprint density at radius 3 is 2.53 bits per heavy atom. The minimum Gasteiger partial charge on any atom is -0.298 e. The van der Waals surface area contributed by atoms with Crippen molar-refractivity contribution in [1.29, 1.82) is 0 Å². The first-order valence-corrected chi connectivity index (χ1v) is 5.88. The summed E-state index contributed by atoms with van der Waals surface area (Å²) < 4.78 is 0. The fraction of sp³-hybridized carbons (Fsp3) is 0.0714. The summed E-state index contributed by atoms with van der Waals surface area (Å²) in [5, 5.41) is 1.23. The summed E-state index contributed by atoms with van der Waals surface area (Å²) >= 11 is 12.2. The second-order valence-electron chi connectivity index (χ2n) is 3.82. The van der Waals surface area contributed by atoms with E-state index in [1.54, 1.807) is 12.1 Å². The predicted molar refractivity (Wildman–Crippen MR) is 72.0 cm³/mol. The van der Waals surface area contributed by atoms with Gasteiger partial charge in [0, 0.05) is 21.2 Å². The van der Waals surface area contributed by atoms with Gasteiger partial charge >= 0.3 is 0 Å². The lowest BCUT2D eigenvalue weighted by Gasteiger charge is -2.08. The van der Waals surface area contributed by atoms with Gasteiger partial charge in [0.1, 0.15) is 6.29 Å². The van der Waals surface area contributed by atoms with E-state index in [0.717, 1.165) is 23.0 Å². The first kappa shape index (κ1) is 12.2. The molecule has 3 heteroatoms. The Hall–Kier alpha value is -1.31. The molecule has 0 aliphatic carbocycles. The van der Waals surface area contributed by atoms with Crippen LogP contribution in [0.3, 0.4) is 0 Å². The maximum Gasteiger partial charge on any atom is 0.150 e. The zero-order valence-corrected chi connectivity index (χ0v) is 10.7. The van der Waals surface area contributed by atoms with Gasteiger partial charge in [0.25, 0.3) is 0 Å². The van der Waals surface area contributed by atoms with Crippen molar-refractivity contribution in [2.75, 3.05) is 0 Å². The van der Waals surface area contributed by atoms with E-state index in [4.69, 9.17) is 23.2 Å². The smallest absolute Gasteiger partial charge is 0.150 e. The molecule has 0 aliphatic rings. The number of aryl methyl sites for hydroxylation is 1. The van der Waals surface area contributed by atoms with Gasteiger partial charge in [-0.05, 0) is 36.2 Å². The largest absolute Gasteiger partial charge is 0.298 e. The molecular weight excluding hydrogens is 255 g/mol. The van der Waals surface area contributed by atoms with E-state index in [2.05, 4.69) is 0 Å². The van der Waals surface area contributed by atoms with Crippen LogP contribution in [0.4, 0.5) is 0 Å². The van der Waals surface area contributed by atoms with Gasteiger partial charge in [0.15, 0.2) is 0 Å². The standard InChI is InChI=1S/C14H10Cl2O/c1-9-5-12(14(16)7-13(9)15)11-4-2-3-10(6-11)8-17/h2-8H,1H3. The number of carbonyl (C=O) groups excluding carboxylic acids is 1. The molecule has 17 heavy (non-hydrogen) atoms. The number of rotatable bonds is 2. The molecule has 2 rings (SSSR count). The van der Waals surface area contributed by atoms with E-state index in [0.29, 0.717) is 15.6 Å². The number of carbonyl (C=O) groups is 1. The van der Waals surface area contributed by atoms with Gasteiger partial charge in [0.05, 0.1) is 0 Å². The SMILES string of the molecule is Cc1cc(-c2cccc(C=O)c2)c(Cl)cc1Cl. The molecule has 0 spiro atoms. The number of halogens is 2. The summed E-state index contributed by atoms with van der Waals surface area (Å²) in [5.41, 5.74) is 3.39. The molecule has 0 amide bonds. The zero-order chi connectivity index (χ0) is 12.4. The van der Waals surface area contributed by atoms with Gasteiger partial charge in [-0.3, -0.25) is 4.79 Å². The van der Waals surface area contributed by atoms with Crippen LogP contribution in [0.15, 0.2) is 36.4 Å². The Labute approximate surface area is 110 Å². The highest BCUT2D eigenvalue weighted by atomic mass is 35.5. The summed E-state index contributed by atoms with van der Waals surface area (Å²) in [6.45, 7) is 1.92. The van der Waals surface area contributed by atoms with Crippen molar-refractivity contribution in [3.63, 3.8) is 0 Å². The second-order valence-corrected chi connectivity index (χ2v) is 4.64. The van der Waals surface area contributed by atoms with Crippen LogP contribution in [-0.4, -0.2) is 6.29 Å². The first-order chi connectivity index (χ1) is 8.11. The van der Waals surface area contributed by atoms with Gasteiger partial charge in [-0.2, -0.15) is 0 Å². The summed E-state index contributed by atoms with van der Waals surface area (Å²) in [4.78, 5) is 10.7. The third-order valence-corrected chi connectivity index (χ3v) is 3.30. The van der Waals surface area contributed by atoms with Crippen molar-refractivity contribution in [2.45, 2.75) is 6.92 Å². The number of benzene rings is 2. The van der Waals surface area contributed by atoms with Crippen LogP contribution >= 0.6 is 23.2 Å². The minimum absolute atomic E-state index is 0.587. The molecular formula is C14H10Cl2O. The lowest BCUT2D eigenvalue weighted by Crippen LogP contribution is -1.86. The highest BCUT2D eigenvalue weighted by Gasteiger charge is 2.07. The van der Waals surface area contributed by atoms with Gasteiger partial charge in [-0.25, -0.2) is 0 Å². The van der Waals surface area contributed by atoms with Gasteiger partial charge in [-0.1, -0.05) is 41.4 Å². The third-order valence-electron chi connectivity index (χ3n) is 2.58. The molecule has 0 N–H and O–H groups in total. The Morgan fingerprint density at radius 2 is 1.82 bits per heavy atom. The van der Waals surface area contributed by atoms with Crippen molar-refractivity contribution in [1.82, 2.24) is 0 Å². The molecule has 2 aromatic carbocycles. The zero-order valence-electron chi connectivity index (χ0n) is 9.21. The molecule has 2 aromatic rings. The average Bonchev–Trinajstić information content (AvgIpc) is 2.34. The van der Waals surface area contributed by atoms with Crippen molar-refractivity contribution >= 4 is 29.5 Å². The van der Waals surface area contributed by atoms with E-state index in [1.807, 2.05) is 31.2 Å². The maximum absolute atomic E-state index is 10.7. The molecule has 0 heterocycles. The summed E-state index contributed by atoms with van der Waals surface area (Å²) in [7, 11) is 0. The summed E-state index contributed by atoms with van der Waals surface area (Å²) in [6, 6.07) is 11.0. The number of hydrogen-bond acceptors (Lipinski definition) is 1. The van der Waals surface area contributed by atoms with E-state index in [1.165, 1.54) is 0 Å². The van der Waals surface area contributed by atoms with Crippen molar-refractivity contribution in [3.05, 3.63) is 57.6 Å². The Morgan fingerprint density at radius 1 is 1.06 bits per heavy atom. The Bertz CT molecular complexity index is 576. The molecule has 0 saturated carbocycles. The lowest BCUT2D eigenvalue weighted by atomic mass is 10.0.